The Labute approximate surface area is 143 Å². The number of carbonyl (C=O) groups excluding carboxylic acids is 1. The van der Waals surface area contributed by atoms with Crippen molar-refractivity contribution in [2.24, 2.45) is 0 Å². The van der Waals surface area contributed by atoms with Gasteiger partial charge in [0.15, 0.2) is 0 Å². The fourth-order valence-corrected chi connectivity index (χ4v) is 2.17. The molecule has 0 saturated carbocycles. The van der Waals surface area contributed by atoms with Crippen LogP contribution in [0.2, 0.25) is 0 Å². The van der Waals surface area contributed by atoms with Crippen LogP contribution in [0.15, 0.2) is 30.3 Å². The quantitative estimate of drug-likeness (QED) is 0.719. The van der Waals surface area contributed by atoms with Crippen LogP contribution in [0.1, 0.15) is 25.3 Å². The van der Waals surface area contributed by atoms with Crippen molar-refractivity contribution >= 4 is 12.0 Å². The summed E-state index contributed by atoms with van der Waals surface area (Å²) in [5, 5.41) is 11.8. The van der Waals surface area contributed by atoms with E-state index in [1.165, 1.54) is 4.90 Å². The fraction of sp³-hybridized carbons (Fsp3) is 0.368. The highest BCUT2D eigenvalue weighted by Gasteiger charge is 2.18. The van der Waals surface area contributed by atoms with Gasteiger partial charge in [-0.3, -0.25) is 4.79 Å². The molecule has 0 aliphatic heterocycles. The molecular formula is C19H22N2O3. The van der Waals surface area contributed by atoms with E-state index in [4.69, 9.17) is 11.5 Å². The number of aliphatic carboxylic acids is 1. The predicted octanol–water partition coefficient (Wildman–Crippen LogP) is 2.13. The second kappa shape index (κ2) is 10.7. The molecule has 1 rings (SSSR count). The predicted molar refractivity (Wildman–Crippen MR) is 93.2 cm³/mol. The Morgan fingerprint density at radius 3 is 2.58 bits per heavy atom. The lowest BCUT2D eigenvalue weighted by molar-refractivity contribution is -0.137. The number of terminal acetylenes is 1. The Kier molecular flexibility index (Phi) is 8.57. The third-order valence-electron chi connectivity index (χ3n) is 3.38. The van der Waals surface area contributed by atoms with Crippen LogP contribution in [-0.4, -0.2) is 41.1 Å². The molecular weight excluding hydrogens is 304 g/mol. The summed E-state index contributed by atoms with van der Waals surface area (Å²) in [5.74, 6) is 7.08. The first-order valence-corrected chi connectivity index (χ1v) is 7.71. The molecule has 2 N–H and O–H groups in total. The van der Waals surface area contributed by atoms with Crippen LogP contribution in [0.4, 0.5) is 4.79 Å². The normalized spacial score (nSPS) is 10.7. The number of carboxylic acid groups (broad SMARTS) is 1. The number of amides is 2. The van der Waals surface area contributed by atoms with Gasteiger partial charge in [-0.1, -0.05) is 42.2 Å². The maximum atomic E-state index is 12.4. The zero-order valence-corrected chi connectivity index (χ0v) is 13.8. The lowest BCUT2D eigenvalue weighted by atomic mass is 10.0. The van der Waals surface area contributed by atoms with Crippen molar-refractivity contribution in [1.82, 2.24) is 10.2 Å². The summed E-state index contributed by atoms with van der Waals surface area (Å²) in [6.45, 7) is 2.08. The molecule has 0 bridgehead atoms. The molecule has 0 radical (unpaired) electrons. The second-order valence-electron chi connectivity index (χ2n) is 5.26. The molecule has 1 unspecified atom stereocenters. The molecule has 5 heteroatoms. The van der Waals surface area contributed by atoms with Gasteiger partial charge >= 0.3 is 12.0 Å². The van der Waals surface area contributed by atoms with Crippen molar-refractivity contribution in [2.75, 3.05) is 13.1 Å². The average Bonchev–Trinajstić information content (AvgIpc) is 2.57. The van der Waals surface area contributed by atoms with E-state index in [1.807, 2.05) is 30.3 Å². The number of rotatable bonds is 8. The topological polar surface area (TPSA) is 69.6 Å². The van der Waals surface area contributed by atoms with Crippen molar-refractivity contribution in [1.29, 1.82) is 0 Å². The number of nitrogens with one attached hydrogen (secondary N) is 1. The highest BCUT2D eigenvalue weighted by Crippen LogP contribution is 2.08. The second-order valence-corrected chi connectivity index (χ2v) is 5.26. The van der Waals surface area contributed by atoms with Crippen LogP contribution >= 0.6 is 0 Å². The van der Waals surface area contributed by atoms with Gasteiger partial charge in [-0.15, -0.1) is 12.3 Å². The molecule has 0 aliphatic carbocycles. The molecule has 1 aromatic rings. The van der Waals surface area contributed by atoms with Crippen LogP contribution < -0.4 is 5.32 Å². The van der Waals surface area contributed by atoms with Crippen LogP contribution in [0.3, 0.4) is 0 Å². The van der Waals surface area contributed by atoms with E-state index in [-0.39, 0.29) is 31.6 Å². The lowest BCUT2D eigenvalue weighted by Crippen LogP contribution is -2.46. The fourth-order valence-electron chi connectivity index (χ4n) is 2.17. The van der Waals surface area contributed by atoms with E-state index in [0.29, 0.717) is 12.8 Å². The number of nitrogens with zero attached hydrogens (tertiary/aromatic N) is 1. The smallest absolute Gasteiger partial charge is 0.319 e. The lowest BCUT2D eigenvalue weighted by Gasteiger charge is -2.24. The largest absolute Gasteiger partial charge is 0.481 e. The molecule has 0 saturated heterocycles. The maximum absolute atomic E-state index is 12.4. The van der Waals surface area contributed by atoms with Crippen molar-refractivity contribution in [3.05, 3.63) is 35.9 Å². The van der Waals surface area contributed by atoms with Gasteiger partial charge in [-0.2, -0.15) is 0 Å². The summed E-state index contributed by atoms with van der Waals surface area (Å²) >= 11 is 0. The number of hydrogen-bond donors (Lipinski definition) is 2. The molecule has 0 heterocycles. The Bertz CT molecular complexity index is 638. The Balaban J connectivity index is 2.76. The first-order valence-electron chi connectivity index (χ1n) is 7.71. The number of urea groups is 1. The van der Waals surface area contributed by atoms with Crippen molar-refractivity contribution < 1.29 is 14.7 Å². The summed E-state index contributed by atoms with van der Waals surface area (Å²) in [5.41, 5.74) is 1.03. The van der Waals surface area contributed by atoms with E-state index in [9.17, 15) is 9.59 Å². The summed E-state index contributed by atoms with van der Waals surface area (Å²) in [6.07, 6.45) is 6.19. The first kappa shape index (κ1) is 19.1. The van der Waals surface area contributed by atoms with Crippen molar-refractivity contribution in [2.45, 2.75) is 32.2 Å². The first-order chi connectivity index (χ1) is 11.6. The molecule has 0 aromatic heterocycles. The molecule has 0 spiro atoms. The number of carbonyl (C=O) groups is 2. The molecule has 0 aliphatic rings. The monoisotopic (exact) mass is 326 g/mol. The van der Waals surface area contributed by atoms with Gasteiger partial charge in [-0.25, -0.2) is 4.79 Å². The summed E-state index contributed by atoms with van der Waals surface area (Å²) in [4.78, 5) is 24.7. The van der Waals surface area contributed by atoms with E-state index in [0.717, 1.165) is 5.56 Å². The van der Waals surface area contributed by atoms with Gasteiger partial charge in [0, 0.05) is 12.5 Å². The van der Waals surface area contributed by atoms with E-state index in [1.54, 1.807) is 6.92 Å². The number of benzene rings is 1. The van der Waals surface area contributed by atoms with Gasteiger partial charge in [0.25, 0.3) is 0 Å². The minimum atomic E-state index is -0.889. The Morgan fingerprint density at radius 1 is 1.29 bits per heavy atom. The molecule has 5 nitrogen and oxygen atoms in total. The average molecular weight is 326 g/mol. The van der Waals surface area contributed by atoms with Crippen LogP contribution in [0, 0.1) is 24.2 Å². The molecule has 0 fully saturated rings. The molecule has 2 amide bonds. The minimum absolute atomic E-state index is 0.0122. The molecule has 1 atom stereocenters. The molecule has 1 aromatic carbocycles. The maximum Gasteiger partial charge on any atom is 0.319 e. The van der Waals surface area contributed by atoms with Crippen molar-refractivity contribution in [3.8, 4) is 24.2 Å². The van der Waals surface area contributed by atoms with Gasteiger partial charge in [0.05, 0.1) is 13.1 Å². The molecule has 126 valence electrons. The van der Waals surface area contributed by atoms with Gasteiger partial charge < -0.3 is 15.3 Å². The summed E-state index contributed by atoms with van der Waals surface area (Å²) < 4.78 is 0. The minimum Gasteiger partial charge on any atom is -0.481 e. The van der Waals surface area contributed by atoms with Gasteiger partial charge in [0.1, 0.15) is 0 Å². The van der Waals surface area contributed by atoms with Crippen LogP contribution in [0.5, 0.6) is 0 Å². The summed E-state index contributed by atoms with van der Waals surface area (Å²) in [6, 6.07) is 9.00. The standard InChI is InChI=1S/C19H22N2O3/c1-3-5-14-21(13-4-2)19(24)20-17(11-12-18(22)23)15-16-9-7-6-8-10-16/h2,6-10,17H,11-15H2,1H3,(H,20,24)(H,22,23). The van der Waals surface area contributed by atoms with E-state index < -0.39 is 5.97 Å². The highest BCUT2D eigenvalue weighted by atomic mass is 16.4. The van der Waals surface area contributed by atoms with Gasteiger partial charge in [-0.05, 0) is 25.3 Å². The zero-order chi connectivity index (χ0) is 17.8. The van der Waals surface area contributed by atoms with Gasteiger partial charge in [0.2, 0.25) is 0 Å². The third kappa shape index (κ3) is 7.38. The van der Waals surface area contributed by atoms with Crippen molar-refractivity contribution in [3.63, 3.8) is 0 Å². The summed E-state index contributed by atoms with van der Waals surface area (Å²) in [7, 11) is 0. The van der Waals surface area contributed by atoms with Crippen LogP contribution in [-0.2, 0) is 11.2 Å². The Morgan fingerprint density at radius 2 is 2.00 bits per heavy atom. The third-order valence-corrected chi connectivity index (χ3v) is 3.38. The Hall–Kier alpha value is -2.92. The van der Waals surface area contributed by atoms with Crippen LogP contribution in [0.25, 0.3) is 0 Å². The van der Waals surface area contributed by atoms with E-state index in [2.05, 4.69) is 23.1 Å². The molecule has 24 heavy (non-hydrogen) atoms. The SMILES string of the molecule is C#CCN(CC#CC)C(=O)NC(CCC(=O)O)Cc1ccccc1. The number of hydrogen-bond acceptors (Lipinski definition) is 2. The number of carboxylic acids is 1. The zero-order valence-electron chi connectivity index (χ0n) is 13.8. The highest BCUT2D eigenvalue weighted by molar-refractivity contribution is 5.75. The van der Waals surface area contributed by atoms with E-state index >= 15 is 0 Å².